The standard InChI is InChI=1S/C20H19N5O2/c26-19-7-3-6-18-14-8-13(11-25(18)19)10-24(12-14)20(23-27)17-9-21-15-4-1-2-5-16(15)22-17/h1-7,9,13-14,27H,8,10-12H2. The summed E-state index contributed by atoms with van der Waals surface area (Å²) in [6.07, 6.45) is 2.70. The quantitative estimate of drug-likeness (QED) is 0.310. The number of hydrogen-bond acceptors (Lipinski definition) is 5. The van der Waals surface area contributed by atoms with Gasteiger partial charge in [-0.2, -0.15) is 0 Å². The molecular weight excluding hydrogens is 342 g/mol. The Kier molecular flexibility index (Phi) is 3.67. The second-order valence-corrected chi connectivity index (χ2v) is 7.27. The Morgan fingerprint density at radius 1 is 1.07 bits per heavy atom. The lowest BCUT2D eigenvalue weighted by Crippen LogP contribution is -2.49. The van der Waals surface area contributed by atoms with Gasteiger partial charge in [-0.15, -0.1) is 0 Å². The number of aromatic nitrogens is 3. The molecule has 136 valence electrons. The van der Waals surface area contributed by atoms with Crippen molar-refractivity contribution >= 4 is 16.9 Å². The average Bonchev–Trinajstić information content (AvgIpc) is 2.69. The molecule has 0 spiro atoms. The monoisotopic (exact) mass is 361 g/mol. The number of amidine groups is 1. The van der Waals surface area contributed by atoms with Gasteiger partial charge in [0.1, 0.15) is 5.69 Å². The van der Waals surface area contributed by atoms with Crippen LogP contribution in [-0.4, -0.2) is 43.6 Å². The number of benzene rings is 1. The lowest BCUT2D eigenvalue weighted by atomic mass is 9.83. The van der Waals surface area contributed by atoms with E-state index in [2.05, 4.69) is 20.0 Å². The van der Waals surface area contributed by atoms with Gasteiger partial charge in [-0.05, 0) is 30.5 Å². The zero-order chi connectivity index (χ0) is 18.4. The fraction of sp³-hybridized carbons (Fsp3) is 0.300. The van der Waals surface area contributed by atoms with Crippen molar-refractivity contribution in [1.82, 2.24) is 19.4 Å². The van der Waals surface area contributed by atoms with Crippen LogP contribution in [0.5, 0.6) is 0 Å². The summed E-state index contributed by atoms with van der Waals surface area (Å²) >= 11 is 0. The molecule has 0 amide bonds. The van der Waals surface area contributed by atoms with Crippen molar-refractivity contribution in [2.45, 2.75) is 18.9 Å². The number of pyridine rings is 1. The molecule has 2 bridgehead atoms. The van der Waals surface area contributed by atoms with Crippen LogP contribution in [0.1, 0.15) is 23.7 Å². The van der Waals surface area contributed by atoms with Gasteiger partial charge in [0, 0.05) is 37.3 Å². The molecule has 7 heteroatoms. The Morgan fingerprint density at radius 2 is 1.93 bits per heavy atom. The first-order chi connectivity index (χ1) is 13.2. The third kappa shape index (κ3) is 2.66. The predicted molar refractivity (Wildman–Crippen MR) is 101 cm³/mol. The summed E-state index contributed by atoms with van der Waals surface area (Å²) in [7, 11) is 0. The van der Waals surface area contributed by atoms with Crippen LogP contribution in [-0.2, 0) is 6.54 Å². The maximum atomic E-state index is 12.2. The topological polar surface area (TPSA) is 83.6 Å². The van der Waals surface area contributed by atoms with E-state index >= 15 is 0 Å². The summed E-state index contributed by atoms with van der Waals surface area (Å²) in [4.78, 5) is 23.3. The molecule has 3 aromatic rings. The number of rotatable bonds is 1. The summed E-state index contributed by atoms with van der Waals surface area (Å²) in [6.45, 7) is 2.11. The zero-order valence-corrected chi connectivity index (χ0v) is 14.7. The van der Waals surface area contributed by atoms with E-state index in [0.717, 1.165) is 29.7 Å². The maximum absolute atomic E-state index is 12.2. The Morgan fingerprint density at radius 3 is 2.78 bits per heavy atom. The van der Waals surface area contributed by atoms with Gasteiger partial charge in [-0.25, -0.2) is 4.98 Å². The Balaban J connectivity index is 1.50. The number of hydrogen-bond donors (Lipinski definition) is 1. The van der Waals surface area contributed by atoms with Gasteiger partial charge in [0.05, 0.1) is 17.2 Å². The third-order valence-corrected chi connectivity index (χ3v) is 5.55. The molecule has 1 fully saturated rings. The summed E-state index contributed by atoms with van der Waals surface area (Å²) < 4.78 is 1.89. The number of nitrogens with zero attached hydrogens (tertiary/aromatic N) is 5. The first-order valence-electron chi connectivity index (χ1n) is 9.12. The molecule has 2 aromatic heterocycles. The van der Waals surface area contributed by atoms with E-state index in [1.807, 2.05) is 41.0 Å². The number of piperidine rings is 1. The molecular formula is C20H19N5O2. The third-order valence-electron chi connectivity index (χ3n) is 5.55. The second-order valence-electron chi connectivity index (χ2n) is 7.27. The van der Waals surface area contributed by atoms with Crippen LogP contribution in [0.4, 0.5) is 0 Å². The number of para-hydroxylation sites is 2. The Hall–Kier alpha value is -3.22. The van der Waals surface area contributed by atoms with Crippen LogP contribution in [0.2, 0.25) is 0 Å². The minimum Gasteiger partial charge on any atom is -0.409 e. The molecule has 2 atom stereocenters. The minimum absolute atomic E-state index is 0.0621. The molecule has 2 aliphatic rings. The van der Waals surface area contributed by atoms with Crippen LogP contribution >= 0.6 is 0 Å². The molecule has 5 rings (SSSR count). The van der Waals surface area contributed by atoms with Crippen molar-refractivity contribution in [3.05, 3.63) is 70.4 Å². The van der Waals surface area contributed by atoms with Gasteiger partial charge in [0.2, 0.25) is 0 Å². The van der Waals surface area contributed by atoms with Crippen molar-refractivity contribution in [3.63, 3.8) is 0 Å². The Bertz CT molecular complexity index is 1110. The van der Waals surface area contributed by atoms with Gasteiger partial charge in [0.25, 0.3) is 5.56 Å². The van der Waals surface area contributed by atoms with Gasteiger partial charge in [-0.3, -0.25) is 9.78 Å². The van der Waals surface area contributed by atoms with Gasteiger partial charge in [-0.1, -0.05) is 23.4 Å². The molecule has 27 heavy (non-hydrogen) atoms. The first-order valence-corrected chi connectivity index (χ1v) is 9.12. The highest BCUT2D eigenvalue weighted by Crippen LogP contribution is 2.35. The maximum Gasteiger partial charge on any atom is 0.250 e. The predicted octanol–water partition coefficient (Wildman–Crippen LogP) is 2.05. The smallest absolute Gasteiger partial charge is 0.250 e. The van der Waals surface area contributed by atoms with Crippen molar-refractivity contribution in [2.24, 2.45) is 11.1 Å². The van der Waals surface area contributed by atoms with Gasteiger partial charge >= 0.3 is 0 Å². The zero-order valence-electron chi connectivity index (χ0n) is 14.7. The average molecular weight is 361 g/mol. The van der Waals surface area contributed by atoms with Crippen LogP contribution in [0.15, 0.2) is 58.6 Å². The van der Waals surface area contributed by atoms with Crippen molar-refractivity contribution in [1.29, 1.82) is 0 Å². The van der Waals surface area contributed by atoms with Crippen molar-refractivity contribution < 1.29 is 5.21 Å². The number of oxime groups is 1. The molecule has 2 aliphatic heterocycles. The largest absolute Gasteiger partial charge is 0.409 e. The lowest BCUT2D eigenvalue weighted by Gasteiger charge is -2.43. The second kappa shape index (κ2) is 6.19. The summed E-state index contributed by atoms with van der Waals surface area (Å²) in [6, 6.07) is 13.1. The lowest BCUT2D eigenvalue weighted by molar-refractivity contribution is 0.173. The molecule has 7 nitrogen and oxygen atoms in total. The van der Waals surface area contributed by atoms with E-state index in [0.29, 0.717) is 30.5 Å². The van der Waals surface area contributed by atoms with Crippen LogP contribution in [0.25, 0.3) is 11.0 Å². The summed E-state index contributed by atoms with van der Waals surface area (Å²) in [5.74, 6) is 1.01. The van der Waals surface area contributed by atoms with Crippen molar-refractivity contribution in [2.75, 3.05) is 13.1 Å². The van der Waals surface area contributed by atoms with E-state index in [1.54, 1.807) is 12.3 Å². The first kappa shape index (κ1) is 16.0. The molecule has 1 saturated heterocycles. The normalized spacial score (nSPS) is 21.9. The number of likely N-dealkylation sites (tertiary alicyclic amines) is 1. The molecule has 0 saturated carbocycles. The highest BCUT2D eigenvalue weighted by atomic mass is 16.4. The molecule has 4 heterocycles. The Labute approximate surface area is 155 Å². The van der Waals surface area contributed by atoms with E-state index in [-0.39, 0.29) is 11.5 Å². The van der Waals surface area contributed by atoms with Gasteiger partial charge in [0.15, 0.2) is 5.84 Å². The SMILES string of the molecule is O=c1cccc2n1CC1CC2CN(C(=NO)c2cnc3ccccc3n2)C1. The summed E-state index contributed by atoms with van der Waals surface area (Å²) in [5.41, 5.74) is 3.26. The fourth-order valence-electron chi connectivity index (χ4n) is 4.41. The molecule has 2 unspecified atom stereocenters. The van der Waals surface area contributed by atoms with Crippen LogP contribution in [0, 0.1) is 5.92 Å². The van der Waals surface area contributed by atoms with Crippen LogP contribution in [0.3, 0.4) is 0 Å². The van der Waals surface area contributed by atoms with E-state index in [9.17, 15) is 10.0 Å². The molecule has 0 radical (unpaired) electrons. The van der Waals surface area contributed by atoms with Gasteiger partial charge < -0.3 is 14.7 Å². The number of fused-ring (bicyclic) bond motifs is 5. The van der Waals surface area contributed by atoms with E-state index < -0.39 is 0 Å². The van der Waals surface area contributed by atoms with E-state index in [1.165, 1.54) is 0 Å². The van der Waals surface area contributed by atoms with E-state index in [4.69, 9.17) is 0 Å². The molecule has 1 N–H and O–H groups in total. The highest BCUT2D eigenvalue weighted by Gasteiger charge is 2.36. The van der Waals surface area contributed by atoms with Crippen LogP contribution < -0.4 is 5.56 Å². The molecule has 0 aliphatic carbocycles. The summed E-state index contributed by atoms with van der Waals surface area (Å²) in [5, 5.41) is 13.3. The fourth-order valence-corrected chi connectivity index (χ4v) is 4.41. The highest BCUT2D eigenvalue weighted by molar-refractivity contribution is 5.97. The minimum atomic E-state index is 0.0621. The molecule has 1 aromatic carbocycles. The van der Waals surface area contributed by atoms with Crippen molar-refractivity contribution in [3.8, 4) is 0 Å².